The number of alkyl halides is 3. The molecule has 4 aromatic rings. The zero-order valence-corrected chi connectivity index (χ0v) is 17.9. The number of piperidine rings is 1. The van der Waals surface area contributed by atoms with Gasteiger partial charge in [0.05, 0.1) is 0 Å². The van der Waals surface area contributed by atoms with Crippen LogP contribution in [0.3, 0.4) is 0 Å². The Kier molecular flexibility index (Phi) is 5.59. The fraction of sp³-hybridized carbons (Fsp3) is 0.333. The molecule has 1 saturated heterocycles. The Morgan fingerprint density at radius 3 is 2.65 bits per heavy atom. The number of pyridine rings is 1. The number of carbonyl (C=O) groups is 1. The smallest absolute Gasteiger partial charge is 0.355 e. The zero-order chi connectivity index (χ0) is 23.7. The number of carbonyl (C=O) groups excluding carboxylic acids is 1. The Balaban J connectivity index is 1.19. The van der Waals surface area contributed by atoms with Crippen LogP contribution < -0.4 is 10.2 Å². The molecular weight excluding hydrogens is 451 g/mol. The van der Waals surface area contributed by atoms with Crippen LogP contribution in [0.15, 0.2) is 48.9 Å². The van der Waals surface area contributed by atoms with Gasteiger partial charge >= 0.3 is 6.18 Å². The van der Waals surface area contributed by atoms with E-state index in [1.165, 1.54) is 6.07 Å². The van der Waals surface area contributed by atoms with Crippen molar-refractivity contribution < 1.29 is 18.0 Å². The van der Waals surface area contributed by atoms with Crippen LogP contribution in [0.4, 0.5) is 19.0 Å². The summed E-state index contributed by atoms with van der Waals surface area (Å²) in [5.41, 5.74) is 0.926. The first-order valence-corrected chi connectivity index (χ1v) is 10.7. The zero-order valence-electron chi connectivity index (χ0n) is 17.9. The molecule has 4 aromatic heterocycles. The monoisotopic (exact) mass is 471 g/mol. The van der Waals surface area contributed by atoms with Gasteiger partial charge in [0.1, 0.15) is 5.82 Å². The van der Waals surface area contributed by atoms with E-state index in [9.17, 15) is 18.0 Å². The third-order valence-electron chi connectivity index (χ3n) is 5.71. The number of hydrogen-bond donors (Lipinski definition) is 1. The van der Waals surface area contributed by atoms with Gasteiger partial charge in [0.15, 0.2) is 11.5 Å². The van der Waals surface area contributed by atoms with Crippen LogP contribution in [0.2, 0.25) is 0 Å². The molecular formula is C21H20F3N9O. The molecule has 0 bridgehead atoms. The Labute approximate surface area is 191 Å². The highest BCUT2D eigenvalue weighted by molar-refractivity contribution is 5.79. The number of aromatic nitrogens is 7. The molecule has 0 spiro atoms. The molecule has 0 radical (unpaired) electrons. The molecule has 1 aliphatic rings. The first-order chi connectivity index (χ1) is 16.4. The van der Waals surface area contributed by atoms with Gasteiger partial charge in [-0.3, -0.25) is 4.79 Å². The van der Waals surface area contributed by atoms with E-state index in [0.717, 1.165) is 5.56 Å². The Bertz CT molecular complexity index is 1290. The summed E-state index contributed by atoms with van der Waals surface area (Å²) in [4.78, 5) is 18.8. The Morgan fingerprint density at radius 1 is 1.09 bits per heavy atom. The van der Waals surface area contributed by atoms with E-state index in [0.29, 0.717) is 48.6 Å². The largest absolute Gasteiger partial charge is 0.453 e. The van der Waals surface area contributed by atoms with E-state index in [1.807, 2.05) is 17.0 Å². The van der Waals surface area contributed by atoms with Crippen molar-refractivity contribution in [2.24, 2.45) is 5.92 Å². The van der Waals surface area contributed by atoms with Gasteiger partial charge in [-0.15, -0.1) is 15.3 Å². The minimum atomic E-state index is -4.65. The summed E-state index contributed by atoms with van der Waals surface area (Å²) >= 11 is 0. The summed E-state index contributed by atoms with van der Waals surface area (Å²) in [6.07, 6.45) is 1.60. The van der Waals surface area contributed by atoms with Gasteiger partial charge in [0.2, 0.25) is 5.91 Å². The minimum Gasteiger partial charge on any atom is -0.355 e. The third-order valence-corrected chi connectivity index (χ3v) is 5.71. The molecule has 0 unspecified atom stereocenters. The average Bonchev–Trinajstić information content (AvgIpc) is 3.52. The second kappa shape index (κ2) is 8.72. The normalized spacial score (nSPS) is 15.1. The molecule has 10 nitrogen and oxygen atoms in total. The fourth-order valence-corrected chi connectivity index (χ4v) is 3.93. The van der Waals surface area contributed by atoms with E-state index in [1.54, 1.807) is 35.4 Å². The van der Waals surface area contributed by atoms with Crippen LogP contribution in [0.25, 0.3) is 11.5 Å². The predicted octanol–water partition coefficient (Wildman–Crippen LogP) is 2.26. The lowest BCUT2D eigenvalue weighted by Crippen LogP contribution is -2.40. The summed E-state index contributed by atoms with van der Waals surface area (Å²) in [5, 5.41) is 17.9. The molecule has 1 aliphatic heterocycles. The topological polar surface area (TPSA) is 106 Å². The minimum absolute atomic E-state index is 0.0252. The van der Waals surface area contributed by atoms with Gasteiger partial charge in [0, 0.05) is 44.1 Å². The van der Waals surface area contributed by atoms with E-state index < -0.39 is 12.0 Å². The predicted molar refractivity (Wildman–Crippen MR) is 114 cm³/mol. The van der Waals surface area contributed by atoms with Crippen molar-refractivity contribution >= 4 is 17.4 Å². The summed E-state index contributed by atoms with van der Waals surface area (Å²) in [6.45, 7) is 1.36. The van der Waals surface area contributed by atoms with Crippen molar-refractivity contribution in [1.82, 2.24) is 39.9 Å². The summed E-state index contributed by atoms with van der Waals surface area (Å²) in [6, 6.07) is 8.56. The summed E-state index contributed by atoms with van der Waals surface area (Å²) in [5.74, 6) is -0.354. The van der Waals surface area contributed by atoms with Gasteiger partial charge in [-0.1, -0.05) is 0 Å². The molecule has 34 heavy (non-hydrogen) atoms. The number of hydrogen-bond acceptors (Lipinski definition) is 7. The molecule has 0 aromatic carbocycles. The number of halogens is 3. The van der Waals surface area contributed by atoms with Crippen LogP contribution in [0.5, 0.6) is 0 Å². The van der Waals surface area contributed by atoms with Gasteiger partial charge < -0.3 is 10.2 Å². The van der Waals surface area contributed by atoms with E-state index in [-0.39, 0.29) is 17.5 Å². The van der Waals surface area contributed by atoms with Gasteiger partial charge in [-0.2, -0.15) is 22.8 Å². The number of fused-ring (bicyclic) bond motifs is 1. The highest BCUT2D eigenvalue weighted by atomic mass is 19.4. The molecule has 176 valence electrons. The summed E-state index contributed by atoms with van der Waals surface area (Å²) in [7, 11) is 0. The van der Waals surface area contributed by atoms with E-state index >= 15 is 0 Å². The molecule has 0 saturated carbocycles. The average molecular weight is 471 g/mol. The number of nitrogens with one attached hydrogen (secondary N) is 1. The van der Waals surface area contributed by atoms with Crippen molar-refractivity contribution in [3.8, 4) is 5.82 Å². The van der Waals surface area contributed by atoms with Crippen molar-refractivity contribution in [3.05, 3.63) is 60.3 Å². The van der Waals surface area contributed by atoms with E-state index in [4.69, 9.17) is 0 Å². The lowest BCUT2D eigenvalue weighted by Gasteiger charge is -2.32. The number of nitrogens with zero attached hydrogens (tertiary/aromatic N) is 8. The SMILES string of the molecule is O=C(NCc1ccnc(-n2cccn2)c1)C1CCN(c2ccc3nnc(C(F)(F)F)n3n2)CC1. The summed E-state index contributed by atoms with van der Waals surface area (Å²) < 4.78 is 41.7. The first kappa shape index (κ1) is 21.8. The van der Waals surface area contributed by atoms with Gasteiger partial charge in [-0.05, 0) is 48.7 Å². The van der Waals surface area contributed by atoms with Crippen molar-refractivity contribution in [2.75, 3.05) is 18.0 Å². The fourth-order valence-electron chi connectivity index (χ4n) is 3.93. The Hall–Kier alpha value is -4.03. The second-order valence-corrected chi connectivity index (χ2v) is 7.93. The van der Waals surface area contributed by atoms with Crippen LogP contribution >= 0.6 is 0 Å². The van der Waals surface area contributed by atoms with Crippen LogP contribution in [-0.2, 0) is 17.5 Å². The van der Waals surface area contributed by atoms with Crippen LogP contribution in [-0.4, -0.2) is 53.6 Å². The molecule has 0 aliphatic carbocycles. The molecule has 1 amide bonds. The van der Waals surface area contributed by atoms with Gasteiger partial charge in [-0.25, -0.2) is 9.67 Å². The van der Waals surface area contributed by atoms with Crippen molar-refractivity contribution in [2.45, 2.75) is 25.6 Å². The highest BCUT2D eigenvalue weighted by Gasteiger charge is 2.38. The maximum atomic E-state index is 13.1. The molecule has 5 rings (SSSR count). The first-order valence-electron chi connectivity index (χ1n) is 10.7. The second-order valence-electron chi connectivity index (χ2n) is 7.93. The molecule has 1 N–H and O–H groups in total. The van der Waals surface area contributed by atoms with E-state index in [2.05, 4.69) is 30.7 Å². The number of amides is 1. The standard InChI is InChI=1S/C21H20F3N9O/c22-21(23,24)20-29-28-16-2-3-17(30-33(16)20)31-10-5-15(6-11-31)19(34)26-13-14-4-8-25-18(12-14)32-9-1-7-27-32/h1-4,7-9,12,15H,5-6,10-11,13H2,(H,26,34). The maximum Gasteiger partial charge on any atom is 0.453 e. The van der Waals surface area contributed by atoms with Crippen LogP contribution in [0.1, 0.15) is 24.2 Å². The van der Waals surface area contributed by atoms with Crippen molar-refractivity contribution in [1.29, 1.82) is 0 Å². The molecule has 0 atom stereocenters. The van der Waals surface area contributed by atoms with Crippen LogP contribution in [0, 0.1) is 5.92 Å². The third kappa shape index (κ3) is 4.40. The lowest BCUT2D eigenvalue weighted by molar-refractivity contribution is -0.146. The van der Waals surface area contributed by atoms with Gasteiger partial charge in [0.25, 0.3) is 5.82 Å². The maximum absolute atomic E-state index is 13.1. The molecule has 5 heterocycles. The quantitative estimate of drug-likeness (QED) is 0.476. The van der Waals surface area contributed by atoms with Crippen molar-refractivity contribution in [3.63, 3.8) is 0 Å². The molecule has 13 heteroatoms. The number of anilines is 1. The highest BCUT2D eigenvalue weighted by Crippen LogP contribution is 2.28. The number of rotatable bonds is 5. The lowest BCUT2D eigenvalue weighted by atomic mass is 9.96. The Morgan fingerprint density at radius 2 is 1.91 bits per heavy atom. The molecule has 1 fully saturated rings.